The summed E-state index contributed by atoms with van der Waals surface area (Å²) in [5, 5.41) is 18.6. The number of benzene rings is 2. The maximum Gasteiger partial charge on any atom is 0.124 e. The number of nitrogens with zero attached hydrogens (tertiary/aromatic N) is 2. The molecule has 2 aromatic carbocycles. The third kappa shape index (κ3) is 3.60. The molecule has 0 atom stereocenters. The van der Waals surface area contributed by atoms with Crippen LogP contribution in [0, 0.1) is 0 Å². The Bertz CT molecular complexity index is 692. The van der Waals surface area contributed by atoms with Gasteiger partial charge in [0.2, 0.25) is 0 Å². The molecule has 0 aliphatic rings. The van der Waals surface area contributed by atoms with Crippen molar-refractivity contribution < 1.29 is 18.1 Å². The molecule has 6 nitrogen and oxygen atoms in total. The zero-order valence-corrected chi connectivity index (χ0v) is 10.4. The lowest BCUT2D eigenvalue weighted by Crippen LogP contribution is -1.97. The Morgan fingerprint density at radius 2 is 1.21 bits per heavy atom. The van der Waals surface area contributed by atoms with Gasteiger partial charge in [-0.1, -0.05) is 12.1 Å². The molecule has 0 spiro atoms. The molecule has 0 aliphatic heterocycles. The Morgan fingerprint density at radius 1 is 0.789 bits per heavy atom. The highest BCUT2D eigenvalue weighted by Crippen LogP contribution is 2.21. The summed E-state index contributed by atoms with van der Waals surface area (Å²) >= 11 is 0. The lowest BCUT2D eigenvalue weighted by molar-refractivity contribution is -0.268. The number of rotatable bonds is 3. The average molecular weight is 276 g/mol. The monoisotopic (exact) mass is 276 g/mol. The molecule has 0 saturated heterocycles. The lowest BCUT2D eigenvalue weighted by atomic mass is 10.3. The Morgan fingerprint density at radius 3 is 1.63 bits per heavy atom. The van der Waals surface area contributed by atoms with Crippen molar-refractivity contribution in [1.82, 2.24) is 0 Å². The SMILES string of the molecule is O=S(=O)([O-])c1ccc(N=Nc2ccc([O-])cc2)cc1. The van der Waals surface area contributed by atoms with E-state index < -0.39 is 10.1 Å². The Hall–Kier alpha value is -2.25. The molecule has 0 heterocycles. The highest BCUT2D eigenvalue weighted by molar-refractivity contribution is 7.85. The van der Waals surface area contributed by atoms with Gasteiger partial charge in [-0.25, -0.2) is 8.42 Å². The zero-order valence-electron chi connectivity index (χ0n) is 9.55. The molecule has 2 aromatic rings. The summed E-state index contributed by atoms with van der Waals surface area (Å²) in [6, 6.07) is 10.8. The van der Waals surface area contributed by atoms with Gasteiger partial charge >= 0.3 is 0 Å². The van der Waals surface area contributed by atoms with Crippen LogP contribution in [0.3, 0.4) is 0 Å². The molecule has 0 unspecified atom stereocenters. The molecule has 7 heteroatoms. The van der Waals surface area contributed by atoms with Crippen LogP contribution in [0.2, 0.25) is 0 Å². The molecule has 19 heavy (non-hydrogen) atoms. The molecule has 0 aromatic heterocycles. The highest BCUT2D eigenvalue weighted by atomic mass is 32.2. The van der Waals surface area contributed by atoms with E-state index in [1.165, 1.54) is 36.4 Å². The minimum absolute atomic E-state index is 0.121. The Kier molecular flexibility index (Phi) is 3.59. The topological polar surface area (TPSA) is 105 Å². The van der Waals surface area contributed by atoms with Crippen molar-refractivity contribution in [2.45, 2.75) is 4.90 Å². The molecule has 98 valence electrons. The van der Waals surface area contributed by atoms with E-state index in [4.69, 9.17) is 0 Å². The van der Waals surface area contributed by atoms with Gasteiger partial charge in [-0.05, 0) is 36.4 Å². The normalized spacial score (nSPS) is 11.8. The maximum absolute atomic E-state index is 10.9. The zero-order chi connectivity index (χ0) is 13.9. The molecular formula is C12H8N2O4S-2. The van der Waals surface area contributed by atoms with Crippen LogP contribution >= 0.6 is 0 Å². The molecule has 0 radical (unpaired) electrons. The van der Waals surface area contributed by atoms with E-state index in [9.17, 15) is 18.1 Å². The summed E-state index contributed by atoms with van der Waals surface area (Å²) in [5.74, 6) is -0.121. The maximum atomic E-state index is 10.9. The van der Waals surface area contributed by atoms with Crippen molar-refractivity contribution in [3.05, 3.63) is 48.5 Å². The lowest BCUT2D eigenvalue weighted by Gasteiger charge is -2.05. The highest BCUT2D eigenvalue weighted by Gasteiger charge is 2.00. The van der Waals surface area contributed by atoms with E-state index in [0.29, 0.717) is 11.4 Å². The van der Waals surface area contributed by atoms with Gasteiger partial charge in [-0.15, -0.1) is 5.75 Å². The van der Waals surface area contributed by atoms with E-state index in [-0.39, 0.29) is 10.6 Å². The fourth-order valence-electron chi connectivity index (χ4n) is 1.31. The summed E-state index contributed by atoms with van der Waals surface area (Å²) < 4.78 is 32.1. The second-order valence-corrected chi connectivity index (χ2v) is 5.02. The number of hydrogen-bond acceptors (Lipinski definition) is 6. The van der Waals surface area contributed by atoms with E-state index in [0.717, 1.165) is 12.1 Å². The van der Waals surface area contributed by atoms with Crippen LogP contribution in [0.5, 0.6) is 5.75 Å². The molecule has 0 aliphatic carbocycles. The van der Waals surface area contributed by atoms with Crippen molar-refractivity contribution in [2.75, 3.05) is 0 Å². The van der Waals surface area contributed by atoms with Crippen molar-refractivity contribution in [1.29, 1.82) is 0 Å². The first-order chi connectivity index (χ1) is 8.95. The molecule has 2 rings (SSSR count). The van der Waals surface area contributed by atoms with Crippen molar-refractivity contribution >= 4 is 21.5 Å². The summed E-state index contributed by atoms with van der Waals surface area (Å²) in [6.45, 7) is 0. The summed E-state index contributed by atoms with van der Waals surface area (Å²) in [5.41, 5.74) is 0.902. The number of azo groups is 1. The molecule has 0 fully saturated rings. The molecule has 0 N–H and O–H groups in total. The largest absolute Gasteiger partial charge is 0.872 e. The van der Waals surface area contributed by atoms with Gasteiger partial charge in [-0.2, -0.15) is 10.2 Å². The third-order valence-electron chi connectivity index (χ3n) is 2.24. The van der Waals surface area contributed by atoms with Gasteiger partial charge < -0.3 is 9.66 Å². The van der Waals surface area contributed by atoms with Crippen LogP contribution in [-0.4, -0.2) is 13.0 Å². The van der Waals surface area contributed by atoms with E-state index in [1.54, 1.807) is 0 Å². The Balaban J connectivity index is 2.18. The third-order valence-corrected chi connectivity index (χ3v) is 3.09. The first kappa shape index (κ1) is 13.2. The van der Waals surface area contributed by atoms with Crippen molar-refractivity contribution in [3.8, 4) is 5.75 Å². The van der Waals surface area contributed by atoms with Crippen LogP contribution in [0.4, 0.5) is 11.4 Å². The van der Waals surface area contributed by atoms with Crippen LogP contribution in [0.15, 0.2) is 63.7 Å². The number of hydrogen-bond donors (Lipinski definition) is 0. The fraction of sp³-hybridized carbons (Fsp3) is 0. The second kappa shape index (κ2) is 5.17. The van der Waals surface area contributed by atoms with Crippen LogP contribution in [0.1, 0.15) is 0 Å². The summed E-state index contributed by atoms with van der Waals surface area (Å²) in [4.78, 5) is -0.317. The Labute approximate surface area is 109 Å². The van der Waals surface area contributed by atoms with Crippen molar-refractivity contribution in [3.63, 3.8) is 0 Å². The second-order valence-electron chi connectivity index (χ2n) is 3.64. The molecule has 0 saturated carbocycles. The minimum atomic E-state index is -4.45. The van der Waals surface area contributed by atoms with Gasteiger partial charge in [0.1, 0.15) is 10.1 Å². The van der Waals surface area contributed by atoms with Crippen molar-refractivity contribution in [2.24, 2.45) is 10.2 Å². The molecular weight excluding hydrogens is 268 g/mol. The molecule has 0 amide bonds. The first-order valence-corrected chi connectivity index (χ1v) is 6.61. The smallest absolute Gasteiger partial charge is 0.124 e. The van der Waals surface area contributed by atoms with Crippen LogP contribution < -0.4 is 5.11 Å². The summed E-state index contributed by atoms with van der Waals surface area (Å²) in [6.07, 6.45) is 0. The predicted octanol–water partition coefficient (Wildman–Crippen LogP) is 2.08. The van der Waals surface area contributed by atoms with E-state index in [2.05, 4.69) is 10.2 Å². The van der Waals surface area contributed by atoms with Crippen LogP contribution in [-0.2, 0) is 10.1 Å². The summed E-state index contributed by atoms with van der Waals surface area (Å²) in [7, 11) is -4.45. The van der Waals surface area contributed by atoms with Gasteiger partial charge in [0.05, 0.1) is 16.3 Å². The van der Waals surface area contributed by atoms with Crippen LogP contribution in [0.25, 0.3) is 0 Å². The fourth-order valence-corrected chi connectivity index (χ4v) is 1.78. The predicted molar refractivity (Wildman–Crippen MR) is 64.5 cm³/mol. The minimum Gasteiger partial charge on any atom is -0.872 e. The quantitative estimate of drug-likeness (QED) is 0.632. The van der Waals surface area contributed by atoms with Gasteiger partial charge in [0.25, 0.3) is 0 Å². The standard InChI is InChI=1S/C12H10N2O4S/c15-11-5-1-9(2-6-11)13-14-10-3-7-12(8-4-10)19(16,17)18/h1-8,15H,(H,16,17,18)/p-2. The van der Waals surface area contributed by atoms with Gasteiger partial charge in [-0.3, -0.25) is 0 Å². The van der Waals surface area contributed by atoms with E-state index in [1.807, 2.05) is 0 Å². The first-order valence-electron chi connectivity index (χ1n) is 5.20. The van der Waals surface area contributed by atoms with Gasteiger partial charge in [0, 0.05) is 0 Å². The molecule has 0 bridgehead atoms. The van der Waals surface area contributed by atoms with E-state index >= 15 is 0 Å². The average Bonchev–Trinajstić information content (AvgIpc) is 2.37. The van der Waals surface area contributed by atoms with Gasteiger partial charge in [0.15, 0.2) is 0 Å².